The Morgan fingerprint density at radius 3 is 2.54 bits per heavy atom. The second-order valence-corrected chi connectivity index (χ2v) is 3.24. The van der Waals surface area contributed by atoms with Crippen LogP contribution < -0.4 is 4.52 Å². The third-order valence-electron chi connectivity index (χ3n) is 1.89. The lowest BCUT2D eigenvalue weighted by Gasteiger charge is -2.00. The molecular formula is C10H13O2P. The smallest absolute Gasteiger partial charge is 0.395 e. The summed E-state index contributed by atoms with van der Waals surface area (Å²) in [4.78, 5) is 0. The molecule has 0 fully saturated rings. The largest absolute Gasteiger partial charge is 0.408 e. The summed E-state index contributed by atoms with van der Waals surface area (Å²) >= 11 is 0. The Balaban J connectivity index is 2.53. The van der Waals surface area contributed by atoms with Crippen LogP contribution in [0.5, 0.6) is 5.75 Å². The number of hydrogen-bond donors (Lipinski definition) is 0. The Hall–Kier alpha value is -0.880. The Morgan fingerprint density at radius 1 is 1.31 bits per heavy atom. The molecule has 0 aliphatic rings. The average molecular weight is 196 g/mol. The Bertz CT molecular complexity index is 256. The molecule has 0 radical (unpaired) electrons. The Labute approximate surface area is 80.2 Å². The molecular weight excluding hydrogens is 183 g/mol. The molecule has 0 aromatic heterocycles. The zero-order valence-electron chi connectivity index (χ0n) is 7.69. The fourth-order valence-corrected chi connectivity index (χ4v) is 1.35. The topological polar surface area (TPSA) is 26.3 Å². The van der Waals surface area contributed by atoms with Crippen LogP contribution in [0.15, 0.2) is 24.3 Å². The summed E-state index contributed by atoms with van der Waals surface area (Å²) in [6, 6.07) is 7.71. The standard InChI is InChI=1S/C10H13O2P/c1-2-3-4-9-5-7-10(8-6-9)12-13-11/h5-8H,2-4H2,1H3. The highest BCUT2D eigenvalue weighted by molar-refractivity contribution is 7.17. The molecule has 70 valence electrons. The summed E-state index contributed by atoms with van der Waals surface area (Å²) in [7, 11) is -0.294. The van der Waals surface area contributed by atoms with Crippen LogP contribution in [0.3, 0.4) is 0 Å². The number of rotatable bonds is 5. The second-order valence-electron chi connectivity index (χ2n) is 2.91. The molecule has 2 nitrogen and oxygen atoms in total. The number of benzene rings is 1. The molecule has 3 heteroatoms. The summed E-state index contributed by atoms with van der Waals surface area (Å²) in [5, 5.41) is 0. The van der Waals surface area contributed by atoms with Crippen molar-refractivity contribution < 1.29 is 9.09 Å². The molecule has 0 aliphatic carbocycles. The molecule has 0 unspecified atom stereocenters. The Morgan fingerprint density at radius 2 is 2.00 bits per heavy atom. The molecule has 1 aromatic rings. The van der Waals surface area contributed by atoms with E-state index in [1.54, 1.807) is 0 Å². The van der Waals surface area contributed by atoms with E-state index in [0.29, 0.717) is 5.75 Å². The van der Waals surface area contributed by atoms with Crippen LogP contribution in [0.25, 0.3) is 0 Å². The second kappa shape index (κ2) is 5.71. The predicted octanol–water partition coefficient (Wildman–Crippen LogP) is 3.61. The normalized spacial score (nSPS) is 10.2. The van der Waals surface area contributed by atoms with Crippen LogP contribution in [0.2, 0.25) is 0 Å². The first-order valence-corrected chi connectivity index (χ1v) is 5.18. The van der Waals surface area contributed by atoms with Gasteiger partial charge in [-0.15, -0.1) is 0 Å². The molecule has 0 spiro atoms. The molecule has 0 amide bonds. The van der Waals surface area contributed by atoms with Gasteiger partial charge in [0.1, 0.15) is 5.75 Å². The van der Waals surface area contributed by atoms with E-state index >= 15 is 0 Å². The lowest BCUT2D eigenvalue weighted by Crippen LogP contribution is -1.84. The number of aryl methyl sites for hydroxylation is 1. The monoisotopic (exact) mass is 196 g/mol. The molecule has 0 bridgehead atoms. The zero-order valence-corrected chi connectivity index (χ0v) is 8.59. The van der Waals surface area contributed by atoms with Crippen LogP contribution in [-0.2, 0) is 11.0 Å². The van der Waals surface area contributed by atoms with Gasteiger partial charge in [0.25, 0.3) is 0 Å². The first-order chi connectivity index (χ1) is 6.36. The van der Waals surface area contributed by atoms with E-state index in [1.807, 2.05) is 24.3 Å². The van der Waals surface area contributed by atoms with E-state index < -0.39 is 0 Å². The van der Waals surface area contributed by atoms with E-state index in [2.05, 4.69) is 6.92 Å². The molecule has 0 heterocycles. The minimum absolute atomic E-state index is 0.294. The van der Waals surface area contributed by atoms with Gasteiger partial charge in [-0.2, -0.15) is 0 Å². The third kappa shape index (κ3) is 3.56. The number of hydrogen-bond acceptors (Lipinski definition) is 2. The fraction of sp³-hybridized carbons (Fsp3) is 0.400. The number of unbranched alkanes of at least 4 members (excludes halogenated alkanes) is 1. The molecule has 0 saturated heterocycles. The van der Waals surface area contributed by atoms with E-state index in [4.69, 9.17) is 4.52 Å². The van der Waals surface area contributed by atoms with Crippen molar-refractivity contribution in [1.29, 1.82) is 0 Å². The van der Waals surface area contributed by atoms with Crippen molar-refractivity contribution in [2.75, 3.05) is 0 Å². The van der Waals surface area contributed by atoms with Gasteiger partial charge in [-0.05, 0) is 30.5 Å². The summed E-state index contributed by atoms with van der Waals surface area (Å²) in [5.41, 5.74) is 1.30. The summed E-state index contributed by atoms with van der Waals surface area (Å²) in [5.74, 6) is 0.650. The lowest BCUT2D eigenvalue weighted by molar-refractivity contribution is 0.525. The average Bonchev–Trinajstić information content (AvgIpc) is 2.17. The van der Waals surface area contributed by atoms with E-state index in [0.717, 1.165) is 6.42 Å². The summed E-state index contributed by atoms with van der Waals surface area (Å²) < 4.78 is 14.9. The maximum atomic E-state index is 10.1. The minimum atomic E-state index is -0.294. The minimum Gasteiger partial charge on any atom is -0.408 e. The molecule has 0 atom stereocenters. The predicted molar refractivity (Wildman–Crippen MR) is 53.3 cm³/mol. The van der Waals surface area contributed by atoms with Crippen LogP contribution >= 0.6 is 8.69 Å². The zero-order chi connectivity index (χ0) is 9.52. The highest BCUT2D eigenvalue weighted by atomic mass is 31.1. The van der Waals surface area contributed by atoms with Crippen LogP contribution in [-0.4, -0.2) is 0 Å². The molecule has 0 N–H and O–H groups in total. The van der Waals surface area contributed by atoms with Crippen LogP contribution in [0, 0.1) is 0 Å². The van der Waals surface area contributed by atoms with Crippen molar-refractivity contribution in [1.82, 2.24) is 0 Å². The van der Waals surface area contributed by atoms with Gasteiger partial charge in [0.15, 0.2) is 0 Å². The van der Waals surface area contributed by atoms with Crippen LogP contribution in [0.4, 0.5) is 0 Å². The third-order valence-corrected chi connectivity index (χ3v) is 2.17. The molecule has 13 heavy (non-hydrogen) atoms. The molecule has 0 aliphatic heterocycles. The van der Waals surface area contributed by atoms with Gasteiger partial charge in [0.2, 0.25) is 0 Å². The van der Waals surface area contributed by atoms with Crippen molar-refractivity contribution in [3.05, 3.63) is 29.8 Å². The Kier molecular flexibility index (Phi) is 4.48. The summed E-state index contributed by atoms with van der Waals surface area (Å²) in [6.07, 6.45) is 3.52. The van der Waals surface area contributed by atoms with Gasteiger partial charge >= 0.3 is 8.69 Å². The van der Waals surface area contributed by atoms with Gasteiger partial charge < -0.3 is 4.52 Å². The maximum Gasteiger partial charge on any atom is 0.395 e. The fourth-order valence-electron chi connectivity index (χ4n) is 1.14. The first kappa shape index (κ1) is 10.2. The van der Waals surface area contributed by atoms with Gasteiger partial charge in [-0.3, -0.25) is 0 Å². The van der Waals surface area contributed by atoms with Crippen LogP contribution in [0.1, 0.15) is 25.3 Å². The van der Waals surface area contributed by atoms with Crippen molar-refractivity contribution in [3.63, 3.8) is 0 Å². The van der Waals surface area contributed by atoms with Crippen molar-refractivity contribution in [3.8, 4) is 5.75 Å². The van der Waals surface area contributed by atoms with Crippen molar-refractivity contribution in [2.24, 2.45) is 0 Å². The maximum absolute atomic E-state index is 10.1. The highest BCUT2D eigenvalue weighted by Gasteiger charge is 1.94. The van der Waals surface area contributed by atoms with E-state index in [9.17, 15) is 4.57 Å². The lowest BCUT2D eigenvalue weighted by atomic mass is 10.1. The summed E-state index contributed by atoms with van der Waals surface area (Å²) in [6.45, 7) is 2.17. The SMILES string of the molecule is CCCCc1ccc(OP=O)cc1. The van der Waals surface area contributed by atoms with Gasteiger partial charge in [-0.25, -0.2) is 4.57 Å². The highest BCUT2D eigenvalue weighted by Crippen LogP contribution is 2.16. The first-order valence-electron chi connectivity index (χ1n) is 4.45. The molecule has 1 rings (SSSR count). The van der Waals surface area contributed by atoms with Crippen molar-refractivity contribution >= 4 is 8.69 Å². The molecule has 0 saturated carbocycles. The van der Waals surface area contributed by atoms with E-state index in [1.165, 1.54) is 18.4 Å². The van der Waals surface area contributed by atoms with Gasteiger partial charge in [0.05, 0.1) is 0 Å². The quantitative estimate of drug-likeness (QED) is 0.672. The van der Waals surface area contributed by atoms with Gasteiger partial charge in [-0.1, -0.05) is 25.5 Å². The van der Waals surface area contributed by atoms with Crippen molar-refractivity contribution in [2.45, 2.75) is 26.2 Å². The van der Waals surface area contributed by atoms with Gasteiger partial charge in [0, 0.05) is 0 Å². The molecule has 1 aromatic carbocycles. The van der Waals surface area contributed by atoms with E-state index in [-0.39, 0.29) is 8.69 Å².